The quantitative estimate of drug-likeness (QED) is 0.797. The van der Waals surface area contributed by atoms with Gasteiger partial charge in [0.1, 0.15) is 17.1 Å². The van der Waals surface area contributed by atoms with Gasteiger partial charge in [0.25, 0.3) is 5.56 Å². The molecule has 0 aromatic carbocycles. The van der Waals surface area contributed by atoms with Crippen LogP contribution in [0.15, 0.2) is 33.9 Å². The lowest BCUT2D eigenvalue weighted by atomic mass is 10.2. The Morgan fingerprint density at radius 2 is 2.26 bits per heavy atom. The maximum atomic E-state index is 12.5. The number of amides is 1. The Morgan fingerprint density at radius 3 is 2.96 bits per heavy atom. The first-order chi connectivity index (χ1) is 11.0. The molecule has 0 radical (unpaired) electrons. The van der Waals surface area contributed by atoms with Crippen molar-refractivity contribution in [3.63, 3.8) is 0 Å². The van der Waals surface area contributed by atoms with Gasteiger partial charge in [0, 0.05) is 4.88 Å². The zero-order valence-corrected chi connectivity index (χ0v) is 13.9. The maximum absolute atomic E-state index is 12.5. The van der Waals surface area contributed by atoms with Crippen molar-refractivity contribution >= 4 is 27.5 Å². The lowest BCUT2D eigenvalue weighted by Crippen LogP contribution is -2.33. The van der Waals surface area contributed by atoms with Gasteiger partial charge >= 0.3 is 0 Å². The number of furan rings is 1. The smallest absolute Gasteiger partial charge is 0.262 e. The summed E-state index contributed by atoms with van der Waals surface area (Å²) in [6, 6.07) is 3.31. The molecule has 7 heteroatoms. The van der Waals surface area contributed by atoms with Crippen molar-refractivity contribution in [1.29, 1.82) is 0 Å². The van der Waals surface area contributed by atoms with Crippen LogP contribution in [0, 0.1) is 13.8 Å². The molecule has 6 nitrogen and oxygen atoms in total. The zero-order chi connectivity index (χ0) is 16.6. The van der Waals surface area contributed by atoms with Crippen molar-refractivity contribution in [2.45, 2.75) is 33.4 Å². The molecule has 0 fully saturated rings. The van der Waals surface area contributed by atoms with Crippen LogP contribution >= 0.6 is 11.3 Å². The first kappa shape index (κ1) is 15.5. The molecule has 3 heterocycles. The van der Waals surface area contributed by atoms with E-state index in [0.717, 1.165) is 10.4 Å². The summed E-state index contributed by atoms with van der Waals surface area (Å²) < 4.78 is 6.59. The average molecular weight is 331 g/mol. The van der Waals surface area contributed by atoms with E-state index < -0.39 is 0 Å². The minimum Gasteiger partial charge on any atom is -0.467 e. The molecule has 1 amide bonds. The number of fused-ring (bicyclic) bond motifs is 1. The molecule has 1 N–H and O–H groups in total. The first-order valence-electron chi connectivity index (χ1n) is 7.25. The van der Waals surface area contributed by atoms with Crippen LogP contribution in [0.3, 0.4) is 0 Å². The van der Waals surface area contributed by atoms with Gasteiger partial charge in [0.2, 0.25) is 5.91 Å². The minimum atomic E-state index is -0.262. The van der Waals surface area contributed by atoms with E-state index in [1.54, 1.807) is 18.4 Å². The number of nitrogens with one attached hydrogen (secondary N) is 1. The van der Waals surface area contributed by atoms with Crippen molar-refractivity contribution in [1.82, 2.24) is 14.9 Å². The molecule has 0 aliphatic carbocycles. The number of thiophene rings is 1. The average Bonchev–Trinajstić information content (AvgIpc) is 3.12. The van der Waals surface area contributed by atoms with Crippen LogP contribution in [0.5, 0.6) is 0 Å². The summed E-state index contributed by atoms with van der Waals surface area (Å²) in [4.78, 5) is 30.8. The monoisotopic (exact) mass is 331 g/mol. The van der Waals surface area contributed by atoms with Crippen molar-refractivity contribution in [3.05, 3.63) is 51.3 Å². The number of carbonyl (C=O) groups is 1. The van der Waals surface area contributed by atoms with E-state index in [2.05, 4.69) is 10.3 Å². The van der Waals surface area contributed by atoms with Gasteiger partial charge in [-0.3, -0.25) is 14.2 Å². The summed E-state index contributed by atoms with van der Waals surface area (Å²) in [5.74, 6) is 0.408. The zero-order valence-electron chi connectivity index (χ0n) is 13.1. The number of aryl methyl sites for hydroxylation is 2. The Hall–Kier alpha value is -2.41. The molecule has 1 atom stereocenters. The van der Waals surface area contributed by atoms with Crippen LogP contribution in [0.2, 0.25) is 0 Å². The van der Waals surface area contributed by atoms with Gasteiger partial charge in [-0.25, -0.2) is 4.98 Å². The summed E-state index contributed by atoms with van der Waals surface area (Å²) in [5.41, 5.74) is 0.749. The third-order valence-corrected chi connectivity index (χ3v) is 4.93. The predicted molar refractivity (Wildman–Crippen MR) is 88.6 cm³/mol. The Bertz CT molecular complexity index is 909. The summed E-state index contributed by atoms with van der Waals surface area (Å²) in [6.07, 6.45) is 2.99. The van der Waals surface area contributed by atoms with E-state index in [4.69, 9.17) is 4.42 Å². The standard InChI is InChI=1S/C16H17N3O3S/c1-9-11(3)23-15-14(9)16(21)19(8-17-15)7-13(20)18-10(2)12-5-4-6-22-12/h4-6,8,10H,7H2,1-3H3,(H,18,20)/t10-/m1/s1. The molecule has 3 aromatic heterocycles. The molecule has 0 aliphatic heterocycles. The largest absolute Gasteiger partial charge is 0.467 e. The van der Waals surface area contributed by atoms with Gasteiger partial charge in [0.15, 0.2) is 0 Å². The predicted octanol–water partition coefficient (Wildman–Crippen LogP) is 2.55. The van der Waals surface area contributed by atoms with Crippen LogP contribution in [0.1, 0.15) is 29.2 Å². The van der Waals surface area contributed by atoms with Gasteiger partial charge < -0.3 is 9.73 Å². The van der Waals surface area contributed by atoms with E-state index >= 15 is 0 Å². The number of aromatic nitrogens is 2. The Labute approximate surface area is 136 Å². The summed E-state index contributed by atoms with van der Waals surface area (Å²) in [7, 11) is 0. The van der Waals surface area contributed by atoms with Crippen molar-refractivity contribution in [3.8, 4) is 0 Å². The highest BCUT2D eigenvalue weighted by atomic mass is 32.1. The van der Waals surface area contributed by atoms with Crippen molar-refractivity contribution < 1.29 is 9.21 Å². The molecule has 0 bridgehead atoms. The van der Waals surface area contributed by atoms with Crippen LogP contribution in [0.4, 0.5) is 0 Å². The number of hydrogen-bond donors (Lipinski definition) is 1. The summed E-state index contributed by atoms with van der Waals surface area (Å²) in [5, 5.41) is 3.41. The van der Waals surface area contributed by atoms with E-state index in [1.165, 1.54) is 22.2 Å². The second kappa shape index (κ2) is 6.00. The third-order valence-electron chi connectivity index (χ3n) is 3.82. The first-order valence-corrected chi connectivity index (χ1v) is 8.07. The SMILES string of the molecule is Cc1sc2ncn(CC(=O)N[C@H](C)c3ccco3)c(=O)c2c1C. The van der Waals surface area contributed by atoms with Crippen LogP contribution in [0.25, 0.3) is 10.2 Å². The molecule has 0 aliphatic rings. The summed E-state index contributed by atoms with van der Waals surface area (Å²) >= 11 is 1.49. The Morgan fingerprint density at radius 1 is 1.48 bits per heavy atom. The lowest BCUT2D eigenvalue weighted by Gasteiger charge is -2.12. The lowest BCUT2D eigenvalue weighted by molar-refractivity contribution is -0.122. The molecule has 0 saturated carbocycles. The fraction of sp³-hybridized carbons (Fsp3) is 0.312. The minimum absolute atomic E-state index is 0.0683. The highest BCUT2D eigenvalue weighted by Gasteiger charge is 2.15. The van der Waals surface area contributed by atoms with Gasteiger partial charge in [-0.2, -0.15) is 0 Å². The number of rotatable bonds is 4. The highest BCUT2D eigenvalue weighted by Crippen LogP contribution is 2.25. The van der Waals surface area contributed by atoms with Gasteiger partial charge in [-0.15, -0.1) is 11.3 Å². The van der Waals surface area contributed by atoms with Gasteiger partial charge in [0.05, 0.1) is 24.0 Å². The van der Waals surface area contributed by atoms with Crippen molar-refractivity contribution in [2.75, 3.05) is 0 Å². The molecular formula is C16H17N3O3S. The van der Waals surface area contributed by atoms with Crippen LogP contribution in [-0.4, -0.2) is 15.5 Å². The molecule has 0 spiro atoms. The normalized spacial score (nSPS) is 12.5. The van der Waals surface area contributed by atoms with Gasteiger partial charge in [-0.1, -0.05) is 0 Å². The Balaban J connectivity index is 1.81. The molecule has 0 unspecified atom stereocenters. The highest BCUT2D eigenvalue weighted by molar-refractivity contribution is 7.18. The van der Waals surface area contributed by atoms with Gasteiger partial charge in [-0.05, 0) is 38.5 Å². The fourth-order valence-corrected chi connectivity index (χ4v) is 3.42. The molecule has 23 heavy (non-hydrogen) atoms. The molecular weight excluding hydrogens is 314 g/mol. The second-order valence-corrected chi connectivity index (χ2v) is 6.65. The summed E-state index contributed by atoms with van der Waals surface area (Å²) in [6.45, 7) is 5.62. The van der Waals surface area contributed by atoms with E-state index in [-0.39, 0.29) is 24.1 Å². The Kier molecular flexibility index (Phi) is 4.04. The number of hydrogen-bond acceptors (Lipinski definition) is 5. The number of nitrogens with zero attached hydrogens (tertiary/aromatic N) is 2. The molecule has 3 aromatic rings. The molecule has 0 saturated heterocycles. The van der Waals surface area contributed by atoms with Crippen LogP contribution in [-0.2, 0) is 11.3 Å². The maximum Gasteiger partial charge on any atom is 0.262 e. The fourth-order valence-electron chi connectivity index (χ4n) is 2.43. The molecule has 120 valence electrons. The second-order valence-electron chi connectivity index (χ2n) is 5.45. The van der Waals surface area contributed by atoms with Crippen molar-refractivity contribution in [2.24, 2.45) is 0 Å². The van der Waals surface area contributed by atoms with E-state index in [0.29, 0.717) is 16.0 Å². The van der Waals surface area contributed by atoms with Crippen LogP contribution < -0.4 is 10.9 Å². The van der Waals surface area contributed by atoms with E-state index in [9.17, 15) is 9.59 Å². The molecule has 3 rings (SSSR count). The van der Waals surface area contributed by atoms with E-state index in [1.807, 2.05) is 20.8 Å². The number of carbonyl (C=O) groups excluding carboxylic acids is 1. The third kappa shape index (κ3) is 2.92. The topological polar surface area (TPSA) is 77.1 Å².